The van der Waals surface area contributed by atoms with E-state index in [4.69, 9.17) is 19.2 Å². The van der Waals surface area contributed by atoms with Gasteiger partial charge in [-0.05, 0) is 33.6 Å². The predicted molar refractivity (Wildman–Crippen MR) is 56.0 cm³/mol. The molecule has 2 atom stereocenters. The summed E-state index contributed by atoms with van der Waals surface area (Å²) in [5.41, 5.74) is -0.292. The molecule has 0 aromatic heterocycles. The van der Waals surface area contributed by atoms with Crippen molar-refractivity contribution in [2.75, 3.05) is 0 Å². The largest absolute Gasteiger partial charge is 0.315 e. The summed E-state index contributed by atoms with van der Waals surface area (Å²) in [5.74, 6) is -2.06. The van der Waals surface area contributed by atoms with E-state index in [-0.39, 0.29) is 5.41 Å². The van der Waals surface area contributed by atoms with Crippen LogP contribution in [0.1, 0.15) is 40.0 Å². The van der Waals surface area contributed by atoms with Crippen molar-refractivity contribution < 1.29 is 19.2 Å². The zero-order valence-corrected chi connectivity index (χ0v) is 10.0. The van der Waals surface area contributed by atoms with Gasteiger partial charge < -0.3 is 9.47 Å². The first-order chi connectivity index (χ1) is 7.39. The van der Waals surface area contributed by atoms with Gasteiger partial charge in [-0.2, -0.15) is 9.78 Å². The highest BCUT2D eigenvalue weighted by Crippen LogP contribution is 2.67. The molecule has 0 saturated carbocycles. The standard InChI is InChI=1S/C12H18O4/c1-5-6-12-8-7-9(2)13-10(12,3)15-16-11(12,4)14-9/h5H,1,6-8H2,2-4H3. The van der Waals surface area contributed by atoms with Crippen molar-refractivity contribution in [3.8, 4) is 0 Å². The van der Waals surface area contributed by atoms with E-state index in [9.17, 15) is 0 Å². The third-order valence-corrected chi connectivity index (χ3v) is 4.42. The summed E-state index contributed by atoms with van der Waals surface area (Å²) >= 11 is 0. The summed E-state index contributed by atoms with van der Waals surface area (Å²) in [6.07, 6.45) is 4.46. The van der Waals surface area contributed by atoms with Gasteiger partial charge in [0, 0.05) is 6.42 Å². The molecule has 0 aromatic carbocycles. The maximum Gasteiger partial charge on any atom is 0.213 e. The van der Waals surface area contributed by atoms with E-state index < -0.39 is 17.4 Å². The van der Waals surface area contributed by atoms with E-state index in [1.165, 1.54) is 0 Å². The van der Waals surface area contributed by atoms with Crippen molar-refractivity contribution in [1.82, 2.24) is 0 Å². The Morgan fingerprint density at radius 1 is 1.06 bits per heavy atom. The van der Waals surface area contributed by atoms with Crippen LogP contribution in [0.2, 0.25) is 0 Å². The lowest BCUT2D eigenvalue weighted by Crippen LogP contribution is -2.70. The fraction of sp³-hybridized carbons (Fsp3) is 0.833. The first-order valence-electron chi connectivity index (χ1n) is 5.77. The first-order valence-corrected chi connectivity index (χ1v) is 5.77. The van der Waals surface area contributed by atoms with Gasteiger partial charge in [0.05, 0.1) is 5.41 Å². The number of fused-ring (bicyclic) bond motifs is 1. The Labute approximate surface area is 95.4 Å². The van der Waals surface area contributed by atoms with E-state index in [0.29, 0.717) is 0 Å². The normalized spacial score (nSPS) is 58.9. The Hall–Kier alpha value is -0.420. The molecule has 16 heavy (non-hydrogen) atoms. The van der Waals surface area contributed by atoms with Crippen LogP contribution in [0, 0.1) is 5.41 Å². The Morgan fingerprint density at radius 3 is 2.12 bits per heavy atom. The molecule has 4 heteroatoms. The van der Waals surface area contributed by atoms with Crippen molar-refractivity contribution in [1.29, 1.82) is 0 Å². The first kappa shape index (κ1) is 10.7. The summed E-state index contributed by atoms with van der Waals surface area (Å²) in [4.78, 5) is 10.9. The smallest absolute Gasteiger partial charge is 0.213 e. The van der Waals surface area contributed by atoms with E-state index >= 15 is 0 Å². The average molecular weight is 226 g/mol. The van der Waals surface area contributed by atoms with Gasteiger partial charge >= 0.3 is 0 Å². The molecule has 4 saturated heterocycles. The van der Waals surface area contributed by atoms with Crippen LogP contribution in [-0.2, 0) is 19.2 Å². The lowest BCUT2D eigenvalue weighted by atomic mass is 9.63. The molecule has 4 nitrogen and oxygen atoms in total. The monoisotopic (exact) mass is 226 g/mol. The van der Waals surface area contributed by atoms with Gasteiger partial charge in [0.1, 0.15) is 0 Å². The molecular formula is C12H18O4. The predicted octanol–water partition coefficient (Wildman–Crippen LogP) is 2.50. The second-order valence-corrected chi connectivity index (χ2v) is 5.47. The molecule has 4 aliphatic rings. The van der Waals surface area contributed by atoms with Gasteiger partial charge in [-0.3, -0.25) is 0 Å². The molecule has 4 rings (SSSR count). The number of ether oxygens (including phenoxy) is 2. The Bertz CT molecular complexity index is 333. The molecule has 4 aliphatic heterocycles. The Morgan fingerprint density at radius 2 is 1.62 bits per heavy atom. The SMILES string of the molecule is C=CCC12CCC3(C)OC1(C)OOC2(C)O3. The van der Waals surface area contributed by atoms with Crippen molar-refractivity contribution in [3.05, 3.63) is 12.7 Å². The molecule has 0 amide bonds. The van der Waals surface area contributed by atoms with Crippen LogP contribution in [-0.4, -0.2) is 17.4 Å². The van der Waals surface area contributed by atoms with E-state index in [0.717, 1.165) is 19.3 Å². The zero-order chi connectivity index (χ0) is 11.7. The molecule has 4 fully saturated rings. The van der Waals surface area contributed by atoms with Crippen LogP contribution < -0.4 is 0 Å². The van der Waals surface area contributed by atoms with Gasteiger partial charge in [-0.15, -0.1) is 6.58 Å². The minimum Gasteiger partial charge on any atom is -0.315 e. The molecule has 2 unspecified atom stereocenters. The maximum absolute atomic E-state index is 5.96. The van der Waals surface area contributed by atoms with Crippen LogP contribution >= 0.6 is 0 Å². The highest BCUT2D eigenvalue weighted by molar-refractivity contribution is 5.12. The van der Waals surface area contributed by atoms with E-state index in [1.54, 1.807) is 0 Å². The quantitative estimate of drug-likeness (QED) is 0.535. The number of hydrogen-bond donors (Lipinski definition) is 0. The van der Waals surface area contributed by atoms with E-state index in [2.05, 4.69) is 6.58 Å². The molecular weight excluding hydrogens is 208 g/mol. The minimum absolute atomic E-state index is 0.292. The average Bonchev–Trinajstić information content (AvgIpc) is 2.33. The van der Waals surface area contributed by atoms with Gasteiger partial charge in [0.15, 0.2) is 5.79 Å². The fourth-order valence-corrected chi connectivity index (χ4v) is 3.52. The highest BCUT2D eigenvalue weighted by atomic mass is 17.3. The van der Waals surface area contributed by atoms with Crippen LogP contribution in [0.15, 0.2) is 12.7 Å². The summed E-state index contributed by atoms with van der Waals surface area (Å²) < 4.78 is 11.9. The molecule has 0 aliphatic carbocycles. The molecule has 0 N–H and O–H groups in total. The van der Waals surface area contributed by atoms with Crippen molar-refractivity contribution >= 4 is 0 Å². The fourth-order valence-electron chi connectivity index (χ4n) is 3.52. The molecule has 0 spiro atoms. The lowest BCUT2D eigenvalue weighted by molar-refractivity contribution is -0.453. The number of rotatable bonds is 2. The number of allylic oxidation sites excluding steroid dienone is 1. The van der Waals surface area contributed by atoms with Crippen molar-refractivity contribution in [2.45, 2.75) is 57.4 Å². The van der Waals surface area contributed by atoms with Crippen LogP contribution in [0.4, 0.5) is 0 Å². The molecule has 90 valence electrons. The van der Waals surface area contributed by atoms with Gasteiger partial charge in [0.25, 0.3) is 0 Å². The second-order valence-electron chi connectivity index (χ2n) is 5.47. The van der Waals surface area contributed by atoms with Gasteiger partial charge in [0.2, 0.25) is 11.6 Å². The minimum atomic E-state index is -0.735. The van der Waals surface area contributed by atoms with Crippen molar-refractivity contribution in [2.24, 2.45) is 5.41 Å². The van der Waals surface area contributed by atoms with Crippen LogP contribution in [0.5, 0.6) is 0 Å². The lowest BCUT2D eigenvalue weighted by Gasteiger charge is -2.60. The molecule has 0 radical (unpaired) electrons. The zero-order valence-electron chi connectivity index (χ0n) is 10.0. The third kappa shape index (κ3) is 0.949. The van der Waals surface area contributed by atoms with Gasteiger partial charge in [-0.1, -0.05) is 6.08 Å². The second kappa shape index (κ2) is 2.70. The maximum atomic E-state index is 5.96. The molecule has 4 bridgehead atoms. The third-order valence-electron chi connectivity index (χ3n) is 4.42. The number of hydrogen-bond acceptors (Lipinski definition) is 4. The van der Waals surface area contributed by atoms with Crippen molar-refractivity contribution in [3.63, 3.8) is 0 Å². The van der Waals surface area contributed by atoms with Crippen LogP contribution in [0.25, 0.3) is 0 Å². The summed E-state index contributed by atoms with van der Waals surface area (Å²) in [7, 11) is 0. The van der Waals surface area contributed by atoms with E-state index in [1.807, 2.05) is 26.8 Å². The highest BCUT2D eigenvalue weighted by Gasteiger charge is 2.78. The molecule has 4 heterocycles. The molecule has 0 aromatic rings. The Balaban J connectivity index is 2.13. The summed E-state index contributed by atoms with van der Waals surface area (Å²) in [6, 6.07) is 0. The summed E-state index contributed by atoms with van der Waals surface area (Å²) in [6.45, 7) is 9.63. The Kier molecular flexibility index (Phi) is 1.81. The van der Waals surface area contributed by atoms with Crippen LogP contribution in [0.3, 0.4) is 0 Å². The summed E-state index contributed by atoms with van der Waals surface area (Å²) in [5, 5.41) is 0. The topological polar surface area (TPSA) is 36.9 Å². The van der Waals surface area contributed by atoms with Gasteiger partial charge in [-0.25, -0.2) is 0 Å².